The maximum Gasteiger partial charge on any atom is 0.337 e. The predicted octanol–water partition coefficient (Wildman–Crippen LogP) is 2.65. The van der Waals surface area contributed by atoms with Gasteiger partial charge in [-0.05, 0) is 24.0 Å². The van der Waals surface area contributed by atoms with Crippen LogP contribution in [0.3, 0.4) is 0 Å². The van der Waals surface area contributed by atoms with Crippen LogP contribution in [-0.4, -0.2) is 35.1 Å². The lowest BCUT2D eigenvalue weighted by molar-refractivity contribution is 0.0698. The van der Waals surface area contributed by atoms with Crippen LogP contribution in [0.25, 0.3) is 0 Å². The number of anilines is 1. The highest BCUT2D eigenvalue weighted by atomic mass is 16.4. The number of rotatable bonds is 2. The van der Waals surface area contributed by atoms with Gasteiger partial charge in [0.05, 0.1) is 11.3 Å². The first kappa shape index (κ1) is 13.4. The molecule has 2 amide bonds. The van der Waals surface area contributed by atoms with Gasteiger partial charge in [-0.1, -0.05) is 26.0 Å². The van der Waals surface area contributed by atoms with Crippen molar-refractivity contribution in [3.8, 4) is 0 Å². The molecule has 1 heterocycles. The van der Waals surface area contributed by atoms with Gasteiger partial charge in [-0.3, -0.25) is 0 Å². The zero-order valence-corrected chi connectivity index (χ0v) is 11.1. The van der Waals surface area contributed by atoms with Crippen molar-refractivity contribution in [2.75, 3.05) is 18.4 Å². The molecule has 0 radical (unpaired) electrons. The molecule has 1 aliphatic rings. The smallest absolute Gasteiger partial charge is 0.337 e. The Balaban J connectivity index is 2.10. The van der Waals surface area contributed by atoms with E-state index in [2.05, 4.69) is 19.2 Å². The summed E-state index contributed by atoms with van der Waals surface area (Å²) in [7, 11) is 0. The Labute approximate surface area is 112 Å². The minimum Gasteiger partial charge on any atom is -0.478 e. The lowest BCUT2D eigenvalue weighted by atomic mass is 9.93. The number of carbonyl (C=O) groups is 2. The molecule has 5 heteroatoms. The highest BCUT2D eigenvalue weighted by molar-refractivity contribution is 6.00. The van der Waals surface area contributed by atoms with Crippen molar-refractivity contribution in [3.63, 3.8) is 0 Å². The average molecular weight is 262 g/mol. The third-order valence-corrected chi connectivity index (χ3v) is 3.36. The van der Waals surface area contributed by atoms with Gasteiger partial charge < -0.3 is 15.3 Å². The maximum atomic E-state index is 12.1. The lowest BCUT2D eigenvalue weighted by Crippen LogP contribution is -2.34. The number of aromatic carboxylic acids is 1. The summed E-state index contributed by atoms with van der Waals surface area (Å²) in [5.41, 5.74) is 0.572. The molecule has 0 atom stereocenters. The number of carboxylic acid groups (broad SMARTS) is 1. The molecule has 1 saturated heterocycles. The highest BCUT2D eigenvalue weighted by Crippen LogP contribution is 2.29. The normalized spacial score (nSPS) is 17.3. The van der Waals surface area contributed by atoms with Gasteiger partial charge in [0.15, 0.2) is 0 Å². The van der Waals surface area contributed by atoms with Crippen LogP contribution in [-0.2, 0) is 0 Å². The molecule has 2 N–H and O–H groups in total. The summed E-state index contributed by atoms with van der Waals surface area (Å²) in [6.07, 6.45) is 0.959. The van der Waals surface area contributed by atoms with Gasteiger partial charge >= 0.3 is 12.0 Å². The largest absolute Gasteiger partial charge is 0.478 e. The second-order valence-electron chi connectivity index (χ2n) is 5.62. The number of nitrogens with zero attached hydrogens (tertiary/aromatic N) is 1. The first-order valence-corrected chi connectivity index (χ1v) is 6.27. The SMILES string of the molecule is CC1(C)CCN(C(=O)Nc2ccccc2C(=O)O)C1. The molecule has 1 aromatic carbocycles. The van der Waals surface area contributed by atoms with Crippen LogP contribution in [0.15, 0.2) is 24.3 Å². The standard InChI is InChI=1S/C14H18N2O3/c1-14(2)7-8-16(9-14)13(19)15-11-6-4-3-5-10(11)12(17)18/h3-6H,7-9H2,1-2H3,(H,15,19)(H,17,18). The Kier molecular flexibility index (Phi) is 3.46. The predicted molar refractivity (Wildman–Crippen MR) is 72.4 cm³/mol. The number of likely N-dealkylation sites (tertiary alicyclic amines) is 1. The van der Waals surface area contributed by atoms with Gasteiger partial charge in [0.1, 0.15) is 0 Å². The van der Waals surface area contributed by atoms with E-state index >= 15 is 0 Å². The summed E-state index contributed by atoms with van der Waals surface area (Å²) in [6.45, 7) is 5.62. The Morgan fingerprint density at radius 1 is 1.32 bits per heavy atom. The quantitative estimate of drug-likeness (QED) is 0.860. The topological polar surface area (TPSA) is 69.6 Å². The van der Waals surface area contributed by atoms with Gasteiger partial charge in [-0.25, -0.2) is 9.59 Å². The number of benzene rings is 1. The molecular weight excluding hydrogens is 244 g/mol. The second-order valence-corrected chi connectivity index (χ2v) is 5.62. The summed E-state index contributed by atoms with van der Waals surface area (Å²) in [6, 6.07) is 6.18. The minimum absolute atomic E-state index is 0.106. The average Bonchev–Trinajstić information content (AvgIpc) is 2.70. The molecule has 0 aromatic heterocycles. The van der Waals surface area contributed by atoms with E-state index in [1.165, 1.54) is 6.07 Å². The molecule has 2 rings (SSSR count). The molecule has 1 aromatic rings. The van der Waals surface area contributed by atoms with Gasteiger partial charge in [-0.2, -0.15) is 0 Å². The third kappa shape index (κ3) is 3.05. The van der Waals surface area contributed by atoms with E-state index in [1.807, 2.05) is 0 Å². The van der Waals surface area contributed by atoms with Crippen molar-refractivity contribution in [1.29, 1.82) is 0 Å². The van der Waals surface area contributed by atoms with Crippen molar-refractivity contribution in [3.05, 3.63) is 29.8 Å². The van der Waals surface area contributed by atoms with Crippen LogP contribution >= 0.6 is 0 Å². The Hall–Kier alpha value is -2.04. The van der Waals surface area contributed by atoms with Crippen LogP contribution < -0.4 is 5.32 Å². The summed E-state index contributed by atoms with van der Waals surface area (Å²) in [5.74, 6) is -1.04. The Bertz CT molecular complexity index is 511. The van der Waals surface area contributed by atoms with Crippen molar-refractivity contribution in [2.24, 2.45) is 5.41 Å². The fourth-order valence-corrected chi connectivity index (χ4v) is 2.26. The number of hydrogen-bond donors (Lipinski definition) is 2. The molecule has 0 bridgehead atoms. The van der Waals surface area contributed by atoms with Gasteiger partial charge in [0, 0.05) is 13.1 Å². The summed E-state index contributed by atoms with van der Waals surface area (Å²) >= 11 is 0. The van der Waals surface area contributed by atoms with Crippen molar-refractivity contribution < 1.29 is 14.7 Å². The van der Waals surface area contributed by atoms with Crippen molar-refractivity contribution in [2.45, 2.75) is 20.3 Å². The molecule has 0 unspecified atom stereocenters. The van der Waals surface area contributed by atoms with Gasteiger partial charge in [0.2, 0.25) is 0 Å². The minimum atomic E-state index is -1.04. The van der Waals surface area contributed by atoms with Crippen molar-refractivity contribution >= 4 is 17.7 Å². The molecular formula is C14H18N2O3. The molecule has 0 spiro atoms. The fraction of sp³-hybridized carbons (Fsp3) is 0.429. The van der Waals surface area contributed by atoms with E-state index in [0.29, 0.717) is 18.8 Å². The molecule has 1 fully saturated rings. The van der Waals surface area contributed by atoms with Crippen LogP contribution in [0.2, 0.25) is 0 Å². The van der Waals surface area contributed by atoms with E-state index in [4.69, 9.17) is 5.11 Å². The van der Waals surface area contributed by atoms with Gasteiger partial charge in [0.25, 0.3) is 0 Å². The zero-order valence-electron chi connectivity index (χ0n) is 11.1. The summed E-state index contributed by atoms with van der Waals surface area (Å²) < 4.78 is 0. The number of urea groups is 1. The van der Waals surface area contributed by atoms with E-state index in [9.17, 15) is 9.59 Å². The van der Waals surface area contributed by atoms with Crippen LogP contribution in [0.4, 0.5) is 10.5 Å². The molecule has 0 saturated carbocycles. The van der Waals surface area contributed by atoms with E-state index in [1.54, 1.807) is 23.1 Å². The van der Waals surface area contributed by atoms with E-state index in [0.717, 1.165) is 6.42 Å². The number of nitrogens with one attached hydrogen (secondary N) is 1. The number of carboxylic acids is 1. The fourth-order valence-electron chi connectivity index (χ4n) is 2.26. The first-order chi connectivity index (χ1) is 8.89. The molecule has 5 nitrogen and oxygen atoms in total. The van der Waals surface area contributed by atoms with Crippen molar-refractivity contribution in [1.82, 2.24) is 4.90 Å². The Morgan fingerprint density at radius 2 is 2.00 bits per heavy atom. The number of carbonyl (C=O) groups excluding carboxylic acids is 1. The second kappa shape index (κ2) is 4.91. The summed E-state index contributed by atoms with van der Waals surface area (Å²) in [5, 5.41) is 11.7. The molecule has 1 aliphatic heterocycles. The van der Waals surface area contributed by atoms with Crippen LogP contribution in [0.1, 0.15) is 30.6 Å². The monoisotopic (exact) mass is 262 g/mol. The number of amides is 2. The van der Waals surface area contributed by atoms with E-state index < -0.39 is 5.97 Å². The zero-order chi connectivity index (χ0) is 14.0. The maximum absolute atomic E-state index is 12.1. The van der Waals surface area contributed by atoms with Gasteiger partial charge in [-0.15, -0.1) is 0 Å². The first-order valence-electron chi connectivity index (χ1n) is 6.27. The summed E-state index contributed by atoms with van der Waals surface area (Å²) in [4.78, 5) is 24.9. The third-order valence-electron chi connectivity index (χ3n) is 3.36. The van der Waals surface area contributed by atoms with E-state index in [-0.39, 0.29) is 17.0 Å². The number of hydrogen-bond acceptors (Lipinski definition) is 2. The highest BCUT2D eigenvalue weighted by Gasteiger charge is 2.32. The lowest BCUT2D eigenvalue weighted by Gasteiger charge is -2.20. The van der Waals surface area contributed by atoms with Crippen LogP contribution in [0.5, 0.6) is 0 Å². The number of para-hydroxylation sites is 1. The molecule has 102 valence electrons. The Morgan fingerprint density at radius 3 is 2.58 bits per heavy atom. The van der Waals surface area contributed by atoms with Crippen LogP contribution in [0, 0.1) is 5.41 Å². The molecule has 0 aliphatic carbocycles. The molecule has 19 heavy (non-hydrogen) atoms.